The third kappa shape index (κ3) is 7.27. The standard InChI is InChI=1S/C17H32N4O.HI/c1-12(2)5-4-6-13(3)20-17(18)19-10-14-9-16(22)21(11-14)15-7-8-15;/h12-15H,4-11H2,1-3H3,(H3,18,19,20);1H. The lowest BCUT2D eigenvalue weighted by atomic mass is 10.0. The monoisotopic (exact) mass is 436 g/mol. The SMILES string of the molecule is CC(C)CCCC(C)NC(N)=NCC1CC(=O)N(C2CC2)C1.I. The summed E-state index contributed by atoms with van der Waals surface area (Å²) in [5.74, 6) is 1.92. The Hall–Kier alpha value is -0.530. The molecule has 1 aliphatic carbocycles. The summed E-state index contributed by atoms with van der Waals surface area (Å²) in [4.78, 5) is 18.4. The van der Waals surface area contributed by atoms with Crippen molar-refractivity contribution in [2.45, 2.75) is 71.4 Å². The number of guanidine groups is 1. The Bertz CT molecular complexity index is 409. The first kappa shape index (κ1) is 20.5. The lowest BCUT2D eigenvalue weighted by molar-refractivity contribution is -0.128. The van der Waals surface area contributed by atoms with Crippen molar-refractivity contribution in [2.75, 3.05) is 13.1 Å². The van der Waals surface area contributed by atoms with Gasteiger partial charge in [-0.1, -0.05) is 26.7 Å². The van der Waals surface area contributed by atoms with Crippen LogP contribution in [0.4, 0.5) is 0 Å². The van der Waals surface area contributed by atoms with Crippen molar-refractivity contribution < 1.29 is 4.79 Å². The van der Waals surface area contributed by atoms with Crippen molar-refractivity contribution in [3.63, 3.8) is 0 Å². The van der Waals surface area contributed by atoms with Crippen LogP contribution in [0.5, 0.6) is 0 Å². The molecule has 0 radical (unpaired) electrons. The Kier molecular flexibility index (Phi) is 8.64. The second-order valence-corrected chi connectivity index (χ2v) is 7.44. The zero-order valence-electron chi connectivity index (χ0n) is 14.8. The van der Waals surface area contributed by atoms with Crippen LogP contribution in [0.2, 0.25) is 0 Å². The number of nitrogens with one attached hydrogen (secondary N) is 1. The maximum absolute atomic E-state index is 11.9. The average molecular weight is 436 g/mol. The fraction of sp³-hybridized carbons (Fsp3) is 0.882. The Morgan fingerprint density at radius 2 is 2.04 bits per heavy atom. The van der Waals surface area contributed by atoms with Gasteiger partial charge in [-0.15, -0.1) is 24.0 Å². The van der Waals surface area contributed by atoms with Gasteiger partial charge in [0, 0.05) is 37.5 Å². The first-order valence-electron chi connectivity index (χ1n) is 8.81. The van der Waals surface area contributed by atoms with Gasteiger partial charge in [0.25, 0.3) is 0 Å². The number of nitrogens with two attached hydrogens (primary N) is 1. The molecule has 0 bridgehead atoms. The van der Waals surface area contributed by atoms with Gasteiger partial charge in [-0.3, -0.25) is 9.79 Å². The second kappa shape index (κ2) is 9.69. The smallest absolute Gasteiger partial charge is 0.223 e. The molecule has 0 aromatic heterocycles. The highest BCUT2D eigenvalue weighted by molar-refractivity contribution is 14.0. The van der Waals surface area contributed by atoms with Crippen LogP contribution in [0.3, 0.4) is 0 Å². The molecule has 0 aromatic rings. The Morgan fingerprint density at radius 3 is 2.65 bits per heavy atom. The van der Waals surface area contributed by atoms with Crippen LogP contribution in [-0.2, 0) is 4.79 Å². The number of hydrogen-bond donors (Lipinski definition) is 2. The van der Waals surface area contributed by atoms with E-state index in [9.17, 15) is 4.79 Å². The number of rotatable bonds is 8. The summed E-state index contributed by atoms with van der Waals surface area (Å²) in [5.41, 5.74) is 5.97. The van der Waals surface area contributed by atoms with Gasteiger partial charge in [-0.25, -0.2) is 0 Å². The van der Waals surface area contributed by atoms with Gasteiger partial charge in [0.05, 0.1) is 0 Å². The predicted molar refractivity (Wildman–Crippen MR) is 106 cm³/mol. The third-order valence-corrected chi connectivity index (χ3v) is 4.56. The van der Waals surface area contributed by atoms with E-state index in [4.69, 9.17) is 5.73 Å². The molecule has 1 aliphatic heterocycles. The van der Waals surface area contributed by atoms with Gasteiger partial charge in [-0.2, -0.15) is 0 Å². The number of hydrogen-bond acceptors (Lipinski definition) is 2. The van der Waals surface area contributed by atoms with Crippen molar-refractivity contribution in [2.24, 2.45) is 22.6 Å². The van der Waals surface area contributed by atoms with E-state index in [1.807, 2.05) is 4.90 Å². The van der Waals surface area contributed by atoms with Crippen molar-refractivity contribution >= 4 is 35.8 Å². The minimum Gasteiger partial charge on any atom is -0.370 e. The molecular formula is C17H33IN4O. The van der Waals surface area contributed by atoms with E-state index < -0.39 is 0 Å². The predicted octanol–water partition coefficient (Wildman–Crippen LogP) is 2.73. The normalized spacial score (nSPS) is 23.1. The number of carbonyl (C=O) groups excluding carboxylic acids is 1. The molecule has 2 unspecified atom stereocenters. The van der Waals surface area contributed by atoms with Gasteiger partial charge < -0.3 is 16.0 Å². The van der Waals surface area contributed by atoms with Crippen LogP contribution in [0.25, 0.3) is 0 Å². The highest BCUT2D eigenvalue weighted by atomic mass is 127. The molecule has 0 spiro atoms. The van der Waals surface area contributed by atoms with Gasteiger partial charge >= 0.3 is 0 Å². The molecular weight excluding hydrogens is 403 g/mol. The topological polar surface area (TPSA) is 70.7 Å². The molecule has 1 amide bonds. The summed E-state index contributed by atoms with van der Waals surface area (Å²) >= 11 is 0. The molecule has 3 N–H and O–H groups in total. The van der Waals surface area contributed by atoms with E-state index in [2.05, 4.69) is 31.1 Å². The van der Waals surface area contributed by atoms with E-state index in [0.29, 0.717) is 42.8 Å². The van der Waals surface area contributed by atoms with Crippen LogP contribution in [0, 0.1) is 11.8 Å². The maximum atomic E-state index is 11.9. The number of nitrogens with zero attached hydrogens (tertiary/aromatic N) is 2. The summed E-state index contributed by atoms with van der Waals surface area (Å²) in [6, 6.07) is 0.883. The number of amides is 1. The van der Waals surface area contributed by atoms with Crippen LogP contribution >= 0.6 is 24.0 Å². The zero-order chi connectivity index (χ0) is 16.1. The molecule has 6 heteroatoms. The van der Waals surface area contributed by atoms with Crippen molar-refractivity contribution in [3.05, 3.63) is 0 Å². The highest BCUT2D eigenvalue weighted by Crippen LogP contribution is 2.32. The van der Waals surface area contributed by atoms with Crippen LogP contribution in [-0.4, -0.2) is 41.9 Å². The molecule has 2 atom stereocenters. The fourth-order valence-electron chi connectivity index (χ4n) is 3.10. The lowest BCUT2D eigenvalue weighted by Crippen LogP contribution is -2.38. The van der Waals surface area contributed by atoms with E-state index in [1.165, 1.54) is 25.7 Å². The zero-order valence-corrected chi connectivity index (χ0v) is 17.1. The van der Waals surface area contributed by atoms with E-state index >= 15 is 0 Å². The van der Waals surface area contributed by atoms with Crippen molar-refractivity contribution in [1.29, 1.82) is 0 Å². The minimum absolute atomic E-state index is 0. The second-order valence-electron chi connectivity index (χ2n) is 7.44. The molecule has 0 aromatic carbocycles. The number of carbonyl (C=O) groups is 1. The van der Waals surface area contributed by atoms with Gasteiger partial charge in [0.2, 0.25) is 5.91 Å². The van der Waals surface area contributed by atoms with Crippen LogP contribution in [0.1, 0.15) is 59.3 Å². The van der Waals surface area contributed by atoms with Gasteiger partial charge in [0.1, 0.15) is 0 Å². The molecule has 134 valence electrons. The fourth-order valence-corrected chi connectivity index (χ4v) is 3.10. The quantitative estimate of drug-likeness (QED) is 0.349. The van der Waals surface area contributed by atoms with E-state index in [1.54, 1.807) is 0 Å². The Balaban J connectivity index is 0.00000264. The first-order chi connectivity index (χ1) is 10.5. The molecule has 2 rings (SSSR count). The highest BCUT2D eigenvalue weighted by Gasteiger charge is 2.39. The Morgan fingerprint density at radius 1 is 1.35 bits per heavy atom. The summed E-state index contributed by atoms with van der Waals surface area (Å²) in [6.07, 6.45) is 6.58. The molecule has 2 fully saturated rings. The molecule has 5 nitrogen and oxygen atoms in total. The summed E-state index contributed by atoms with van der Waals surface area (Å²) < 4.78 is 0. The van der Waals surface area contributed by atoms with Gasteiger partial charge in [0.15, 0.2) is 5.96 Å². The van der Waals surface area contributed by atoms with E-state index in [0.717, 1.165) is 18.9 Å². The first-order valence-corrected chi connectivity index (χ1v) is 8.81. The van der Waals surface area contributed by atoms with Crippen LogP contribution < -0.4 is 11.1 Å². The van der Waals surface area contributed by atoms with Crippen molar-refractivity contribution in [3.8, 4) is 0 Å². The van der Waals surface area contributed by atoms with Gasteiger partial charge in [-0.05, 0) is 32.1 Å². The number of aliphatic imine (C=N–C) groups is 1. The number of halogens is 1. The summed E-state index contributed by atoms with van der Waals surface area (Å²) in [5, 5.41) is 3.26. The van der Waals surface area contributed by atoms with Crippen LogP contribution in [0.15, 0.2) is 4.99 Å². The third-order valence-electron chi connectivity index (χ3n) is 4.56. The number of likely N-dealkylation sites (tertiary alicyclic amines) is 1. The molecule has 1 heterocycles. The largest absolute Gasteiger partial charge is 0.370 e. The summed E-state index contributed by atoms with van der Waals surface area (Å²) in [6.45, 7) is 8.18. The molecule has 1 saturated carbocycles. The Labute approximate surface area is 157 Å². The molecule has 2 aliphatic rings. The molecule has 1 saturated heterocycles. The summed E-state index contributed by atoms with van der Waals surface area (Å²) in [7, 11) is 0. The molecule has 23 heavy (non-hydrogen) atoms. The van der Waals surface area contributed by atoms with Crippen molar-refractivity contribution in [1.82, 2.24) is 10.2 Å². The average Bonchev–Trinajstić information content (AvgIpc) is 3.20. The maximum Gasteiger partial charge on any atom is 0.223 e. The minimum atomic E-state index is 0. The lowest BCUT2D eigenvalue weighted by Gasteiger charge is -2.16. The van der Waals surface area contributed by atoms with E-state index in [-0.39, 0.29) is 24.0 Å².